The van der Waals surface area contributed by atoms with Gasteiger partial charge in [0.25, 0.3) is 11.8 Å². The molecule has 1 rings (SSSR count). The summed E-state index contributed by atoms with van der Waals surface area (Å²) in [5.74, 6) is -0.929. The number of hydrogen-bond acceptors (Lipinski definition) is 4. The van der Waals surface area contributed by atoms with Gasteiger partial charge >= 0.3 is 6.03 Å². The number of unbranched alkanes of at least 4 members (excludes halogenated alkanes) is 2. The van der Waals surface area contributed by atoms with Crippen LogP contribution in [0.1, 0.15) is 53.4 Å². The Morgan fingerprint density at radius 3 is 1.61 bits per heavy atom. The van der Waals surface area contributed by atoms with Crippen molar-refractivity contribution in [2.24, 2.45) is 0 Å². The van der Waals surface area contributed by atoms with E-state index >= 15 is 0 Å². The fraction of sp³-hybridized carbons (Fsp3) is 0.706. The zero-order chi connectivity index (χ0) is 17.4. The predicted octanol–water partition coefficient (Wildman–Crippen LogP) is 2.60. The number of urea groups is 1. The molecule has 6 nitrogen and oxygen atoms in total. The highest BCUT2D eigenvalue weighted by Gasteiger charge is 2.41. The summed E-state index contributed by atoms with van der Waals surface area (Å²) in [4.78, 5) is 42.0. The number of barbiturate groups is 1. The SMILES string of the molecule is CCCCN1C(=O)C(=CN(CC)CC)C(=O)N(CCCC)C1=O. The monoisotopic (exact) mass is 323 g/mol. The third kappa shape index (κ3) is 4.56. The Morgan fingerprint density at radius 2 is 1.26 bits per heavy atom. The summed E-state index contributed by atoms with van der Waals surface area (Å²) in [6.07, 6.45) is 4.86. The van der Waals surface area contributed by atoms with Gasteiger partial charge in [-0.15, -0.1) is 0 Å². The first-order valence-corrected chi connectivity index (χ1v) is 8.65. The third-order valence-corrected chi connectivity index (χ3v) is 4.01. The first-order valence-electron chi connectivity index (χ1n) is 8.65. The molecule has 1 saturated heterocycles. The van der Waals surface area contributed by atoms with Gasteiger partial charge in [-0.1, -0.05) is 26.7 Å². The normalized spacial score (nSPS) is 15.5. The fourth-order valence-electron chi connectivity index (χ4n) is 2.43. The third-order valence-electron chi connectivity index (χ3n) is 4.01. The van der Waals surface area contributed by atoms with Crippen LogP contribution in [0.5, 0.6) is 0 Å². The van der Waals surface area contributed by atoms with Crippen molar-refractivity contribution in [1.82, 2.24) is 14.7 Å². The number of carbonyl (C=O) groups is 3. The van der Waals surface area contributed by atoms with Crippen LogP contribution in [0.25, 0.3) is 0 Å². The molecule has 1 aliphatic rings. The van der Waals surface area contributed by atoms with Gasteiger partial charge in [0.15, 0.2) is 0 Å². The van der Waals surface area contributed by atoms with Crippen molar-refractivity contribution in [2.75, 3.05) is 26.2 Å². The molecule has 0 aromatic rings. The minimum Gasteiger partial charge on any atom is -0.377 e. The molecule has 0 bridgehead atoms. The van der Waals surface area contributed by atoms with Crippen LogP contribution < -0.4 is 0 Å². The van der Waals surface area contributed by atoms with Crippen LogP contribution in [0.15, 0.2) is 11.8 Å². The quantitative estimate of drug-likeness (QED) is 0.483. The smallest absolute Gasteiger partial charge is 0.333 e. The maximum Gasteiger partial charge on any atom is 0.333 e. The maximum absolute atomic E-state index is 12.6. The van der Waals surface area contributed by atoms with E-state index in [9.17, 15) is 14.4 Å². The molecule has 0 aromatic heterocycles. The highest BCUT2D eigenvalue weighted by Crippen LogP contribution is 2.19. The fourth-order valence-corrected chi connectivity index (χ4v) is 2.43. The number of hydrogen-bond donors (Lipinski definition) is 0. The molecule has 0 unspecified atom stereocenters. The second kappa shape index (κ2) is 9.33. The summed E-state index contributed by atoms with van der Waals surface area (Å²) in [7, 11) is 0. The van der Waals surface area contributed by atoms with Crippen LogP contribution >= 0.6 is 0 Å². The Kier molecular flexibility index (Phi) is 7.78. The highest BCUT2D eigenvalue weighted by atomic mass is 16.2. The van der Waals surface area contributed by atoms with E-state index in [1.165, 1.54) is 9.80 Å². The molecular weight excluding hydrogens is 294 g/mol. The number of imide groups is 2. The maximum atomic E-state index is 12.6. The molecule has 0 aliphatic carbocycles. The Hall–Kier alpha value is -1.85. The molecule has 0 saturated carbocycles. The molecule has 4 amide bonds. The second-order valence-electron chi connectivity index (χ2n) is 5.67. The van der Waals surface area contributed by atoms with E-state index in [2.05, 4.69) is 0 Å². The number of carbonyl (C=O) groups excluding carboxylic acids is 3. The zero-order valence-electron chi connectivity index (χ0n) is 14.8. The minimum atomic E-state index is -0.474. The van der Waals surface area contributed by atoms with E-state index in [1.54, 1.807) is 6.20 Å². The molecule has 1 fully saturated rings. The molecule has 130 valence electrons. The van der Waals surface area contributed by atoms with Crippen LogP contribution in [0.3, 0.4) is 0 Å². The second-order valence-corrected chi connectivity index (χ2v) is 5.67. The van der Waals surface area contributed by atoms with Crippen molar-refractivity contribution in [2.45, 2.75) is 53.4 Å². The van der Waals surface area contributed by atoms with Gasteiger partial charge in [0.1, 0.15) is 5.57 Å². The van der Waals surface area contributed by atoms with Crippen LogP contribution in [-0.2, 0) is 9.59 Å². The Balaban J connectivity index is 3.14. The Morgan fingerprint density at radius 1 is 0.826 bits per heavy atom. The van der Waals surface area contributed by atoms with E-state index in [0.29, 0.717) is 26.2 Å². The van der Waals surface area contributed by atoms with E-state index < -0.39 is 17.8 Å². The standard InChI is InChI=1S/C17H29N3O3/c1-5-9-11-19-15(21)14(13-18(7-3)8-4)16(22)20(17(19)23)12-10-6-2/h13H,5-12H2,1-4H3. The molecule has 1 aliphatic heterocycles. The van der Waals surface area contributed by atoms with Crippen LogP contribution in [0.2, 0.25) is 0 Å². The van der Waals surface area contributed by atoms with Crippen molar-refractivity contribution in [3.8, 4) is 0 Å². The van der Waals surface area contributed by atoms with E-state index in [1.807, 2.05) is 32.6 Å². The summed E-state index contributed by atoms with van der Waals surface area (Å²) in [5, 5.41) is 0. The van der Waals surface area contributed by atoms with E-state index in [4.69, 9.17) is 0 Å². The molecular formula is C17H29N3O3. The Labute approximate surface area is 139 Å². The van der Waals surface area contributed by atoms with Crippen molar-refractivity contribution in [3.63, 3.8) is 0 Å². The molecule has 0 spiro atoms. The van der Waals surface area contributed by atoms with Crippen LogP contribution in [0.4, 0.5) is 4.79 Å². The van der Waals surface area contributed by atoms with E-state index in [-0.39, 0.29) is 5.57 Å². The highest BCUT2D eigenvalue weighted by molar-refractivity contribution is 6.28. The summed E-state index contributed by atoms with van der Waals surface area (Å²) < 4.78 is 0. The predicted molar refractivity (Wildman–Crippen MR) is 89.6 cm³/mol. The topological polar surface area (TPSA) is 60.9 Å². The number of rotatable bonds is 9. The summed E-state index contributed by atoms with van der Waals surface area (Å²) in [6, 6.07) is -0.474. The van der Waals surface area contributed by atoms with Crippen molar-refractivity contribution in [1.29, 1.82) is 0 Å². The molecule has 0 radical (unpaired) electrons. The van der Waals surface area contributed by atoms with Gasteiger partial charge in [-0.25, -0.2) is 4.79 Å². The molecule has 0 atom stereocenters. The summed E-state index contributed by atoms with van der Waals surface area (Å²) >= 11 is 0. The molecule has 1 heterocycles. The van der Waals surface area contributed by atoms with Gasteiger partial charge in [-0.05, 0) is 26.7 Å². The zero-order valence-corrected chi connectivity index (χ0v) is 14.8. The van der Waals surface area contributed by atoms with Crippen LogP contribution in [0, 0.1) is 0 Å². The average molecular weight is 323 g/mol. The molecule has 0 aromatic carbocycles. The van der Waals surface area contributed by atoms with Gasteiger partial charge in [0, 0.05) is 32.4 Å². The lowest BCUT2D eigenvalue weighted by molar-refractivity contribution is -0.136. The van der Waals surface area contributed by atoms with Gasteiger partial charge < -0.3 is 4.90 Å². The van der Waals surface area contributed by atoms with Gasteiger partial charge in [-0.3, -0.25) is 19.4 Å². The number of amides is 4. The van der Waals surface area contributed by atoms with Crippen molar-refractivity contribution >= 4 is 17.8 Å². The van der Waals surface area contributed by atoms with Crippen molar-refractivity contribution < 1.29 is 14.4 Å². The molecule has 0 N–H and O–H groups in total. The van der Waals surface area contributed by atoms with Gasteiger partial charge in [0.2, 0.25) is 0 Å². The largest absolute Gasteiger partial charge is 0.377 e. The van der Waals surface area contributed by atoms with Gasteiger partial charge in [-0.2, -0.15) is 0 Å². The summed E-state index contributed by atoms with van der Waals surface area (Å²) in [6.45, 7) is 10.1. The average Bonchev–Trinajstić information content (AvgIpc) is 2.55. The first kappa shape index (κ1) is 19.2. The Bertz CT molecular complexity index is 438. The number of nitrogens with zero attached hydrogens (tertiary/aromatic N) is 3. The van der Waals surface area contributed by atoms with E-state index in [0.717, 1.165) is 25.7 Å². The van der Waals surface area contributed by atoms with Gasteiger partial charge in [0.05, 0.1) is 0 Å². The minimum absolute atomic E-state index is 0.0977. The first-order chi connectivity index (χ1) is 11.0. The van der Waals surface area contributed by atoms with Crippen LogP contribution in [-0.4, -0.2) is 58.7 Å². The summed E-state index contributed by atoms with van der Waals surface area (Å²) in [5.41, 5.74) is 0.0977. The molecule has 23 heavy (non-hydrogen) atoms. The lowest BCUT2D eigenvalue weighted by Crippen LogP contribution is -2.57. The molecule has 6 heteroatoms. The van der Waals surface area contributed by atoms with Crippen molar-refractivity contribution in [3.05, 3.63) is 11.8 Å². The lowest BCUT2D eigenvalue weighted by Gasteiger charge is -2.34. The lowest BCUT2D eigenvalue weighted by atomic mass is 10.1.